The summed E-state index contributed by atoms with van der Waals surface area (Å²) in [7, 11) is 0. The van der Waals surface area contributed by atoms with Crippen molar-refractivity contribution in [3.63, 3.8) is 0 Å². The first-order valence-electron chi connectivity index (χ1n) is 7.34. The molecule has 0 radical (unpaired) electrons. The van der Waals surface area contributed by atoms with Gasteiger partial charge in [-0.05, 0) is 36.1 Å². The Kier molecular flexibility index (Phi) is 6.16. The maximum Gasteiger partial charge on any atom is 0.240 e. The van der Waals surface area contributed by atoms with Gasteiger partial charge in [-0.15, -0.1) is 0 Å². The first kappa shape index (κ1) is 16.2. The molecule has 22 heavy (non-hydrogen) atoms. The molecule has 0 heterocycles. The van der Waals surface area contributed by atoms with Gasteiger partial charge in [0.15, 0.2) is 0 Å². The summed E-state index contributed by atoms with van der Waals surface area (Å²) in [5.74, 6) is -0.0863. The highest BCUT2D eigenvalue weighted by Gasteiger charge is 2.05. The zero-order valence-corrected chi connectivity index (χ0v) is 13.3. The Hall–Kier alpha value is -2.13. The molecule has 0 bridgehead atoms. The lowest BCUT2D eigenvalue weighted by molar-refractivity contribution is -0.121. The Labute approximate surface area is 136 Å². The Bertz CT molecular complexity index is 653. The lowest BCUT2D eigenvalue weighted by Gasteiger charge is -2.06. The molecule has 2 rings (SSSR count). The van der Waals surface area contributed by atoms with Gasteiger partial charge in [0, 0.05) is 11.4 Å². The summed E-state index contributed by atoms with van der Waals surface area (Å²) in [6.45, 7) is 2.00. The van der Waals surface area contributed by atoms with Gasteiger partial charge in [0.1, 0.15) is 0 Å². The van der Waals surface area contributed by atoms with Crippen molar-refractivity contribution in [1.82, 2.24) is 5.43 Å². The van der Waals surface area contributed by atoms with E-state index in [0.717, 1.165) is 23.3 Å². The molecule has 0 atom stereocenters. The van der Waals surface area contributed by atoms with Crippen molar-refractivity contribution >= 4 is 23.2 Å². The van der Waals surface area contributed by atoms with Gasteiger partial charge >= 0.3 is 0 Å². The number of halogens is 1. The van der Waals surface area contributed by atoms with Crippen LogP contribution in [-0.4, -0.2) is 11.6 Å². The smallest absolute Gasteiger partial charge is 0.240 e. The molecule has 1 N–H and O–H groups in total. The molecule has 0 spiro atoms. The lowest BCUT2D eigenvalue weighted by Crippen LogP contribution is -2.20. The van der Waals surface area contributed by atoms with Crippen molar-refractivity contribution in [1.29, 1.82) is 0 Å². The Balaban J connectivity index is 1.92. The van der Waals surface area contributed by atoms with Crippen LogP contribution in [0.5, 0.6) is 0 Å². The maximum absolute atomic E-state index is 11.9. The monoisotopic (exact) mass is 314 g/mol. The van der Waals surface area contributed by atoms with Gasteiger partial charge in [-0.1, -0.05) is 61.0 Å². The largest absolute Gasteiger partial charge is 0.273 e. The van der Waals surface area contributed by atoms with Crippen molar-refractivity contribution in [2.45, 2.75) is 26.2 Å². The van der Waals surface area contributed by atoms with Crippen LogP contribution >= 0.6 is 11.6 Å². The zero-order chi connectivity index (χ0) is 15.8. The third-order valence-electron chi connectivity index (χ3n) is 3.29. The predicted octanol–water partition coefficient (Wildman–Crippen LogP) is 4.20. The third kappa shape index (κ3) is 5.01. The molecule has 0 aliphatic rings. The Morgan fingerprint density at radius 2 is 1.91 bits per heavy atom. The van der Waals surface area contributed by atoms with E-state index < -0.39 is 0 Å². The lowest BCUT2D eigenvalue weighted by atomic mass is 10.1. The summed E-state index contributed by atoms with van der Waals surface area (Å²) in [5.41, 5.74) is 5.52. The highest BCUT2D eigenvalue weighted by atomic mass is 35.5. The number of hydrazone groups is 1. The molecular weight excluding hydrogens is 296 g/mol. The van der Waals surface area contributed by atoms with Gasteiger partial charge in [-0.3, -0.25) is 4.79 Å². The van der Waals surface area contributed by atoms with E-state index in [1.54, 1.807) is 0 Å². The second-order valence-corrected chi connectivity index (χ2v) is 5.38. The molecule has 0 fully saturated rings. The molecule has 0 saturated heterocycles. The maximum atomic E-state index is 11.9. The summed E-state index contributed by atoms with van der Waals surface area (Å²) in [4.78, 5) is 11.9. The average molecular weight is 315 g/mol. The minimum Gasteiger partial charge on any atom is -0.273 e. The SMILES string of the molecule is CC/C(=N\NC(=O)CCc1ccccc1)c1cccc(Cl)c1. The molecule has 0 saturated carbocycles. The zero-order valence-electron chi connectivity index (χ0n) is 12.6. The van der Waals surface area contributed by atoms with Crippen molar-refractivity contribution in [2.24, 2.45) is 5.10 Å². The van der Waals surface area contributed by atoms with Gasteiger partial charge in [-0.2, -0.15) is 5.10 Å². The highest BCUT2D eigenvalue weighted by Crippen LogP contribution is 2.12. The molecule has 0 aliphatic heterocycles. The average Bonchev–Trinajstić information content (AvgIpc) is 2.54. The van der Waals surface area contributed by atoms with Crippen LogP contribution in [-0.2, 0) is 11.2 Å². The minimum atomic E-state index is -0.0863. The minimum absolute atomic E-state index is 0.0863. The first-order chi connectivity index (χ1) is 10.7. The van der Waals surface area contributed by atoms with Crippen LogP contribution in [0.3, 0.4) is 0 Å². The third-order valence-corrected chi connectivity index (χ3v) is 3.53. The number of carbonyl (C=O) groups excluding carboxylic acids is 1. The summed E-state index contributed by atoms with van der Waals surface area (Å²) < 4.78 is 0. The fourth-order valence-corrected chi connectivity index (χ4v) is 2.29. The molecule has 3 nitrogen and oxygen atoms in total. The number of aryl methyl sites for hydroxylation is 1. The van der Waals surface area contributed by atoms with E-state index in [4.69, 9.17) is 11.6 Å². The van der Waals surface area contributed by atoms with Crippen LogP contribution in [0.2, 0.25) is 5.02 Å². The second kappa shape index (κ2) is 8.35. The van der Waals surface area contributed by atoms with Gasteiger partial charge in [-0.25, -0.2) is 5.43 Å². The van der Waals surface area contributed by atoms with E-state index in [1.165, 1.54) is 0 Å². The number of hydrogen-bond donors (Lipinski definition) is 1. The second-order valence-electron chi connectivity index (χ2n) is 4.94. The van der Waals surface area contributed by atoms with E-state index in [-0.39, 0.29) is 5.91 Å². The van der Waals surface area contributed by atoms with Crippen LogP contribution in [0.15, 0.2) is 59.7 Å². The first-order valence-corrected chi connectivity index (χ1v) is 7.72. The van der Waals surface area contributed by atoms with Crippen LogP contribution in [0.25, 0.3) is 0 Å². The van der Waals surface area contributed by atoms with E-state index in [0.29, 0.717) is 17.9 Å². The van der Waals surface area contributed by atoms with E-state index in [1.807, 2.05) is 61.5 Å². The molecule has 1 amide bonds. The Morgan fingerprint density at radius 3 is 2.59 bits per heavy atom. The molecule has 2 aromatic carbocycles. The van der Waals surface area contributed by atoms with Gasteiger partial charge in [0.25, 0.3) is 0 Å². The molecule has 0 aromatic heterocycles. The van der Waals surface area contributed by atoms with Crippen molar-refractivity contribution in [3.8, 4) is 0 Å². The van der Waals surface area contributed by atoms with Gasteiger partial charge < -0.3 is 0 Å². The quantitative estimate of drug-likeness (QED) is 0.630. The number of hydrogen-bond acceptors (Lipinski definition) is 2. The molecular formula is C18H19ClN2O. The molecule has 114 valence electrons. The van der Waals surface area contributed by atoms with Crippen LogP contribution in [0.1, 0.15) is 30.9 Å². The fraction of sp³-hybridized carbons (Fsp3) is 0.222. The van der Waals surface area contributed by atoms with Crippen LogP contribution in [0.4, 0.5) is 0 Å². The van der Waals surface area contributed by atoms with Crippen molar-refractivity contribution in [3.05, 3.63) is 70.7 Å². The molecule has 4 heteroatoms. The number of nitrogens with one attached hydrogen (secondary N) is 1. The molecule has 0 unspecified atom stereocenters. The fourth-order valence-electron chi connectivity index (χ4n) is 2.10. The number of amides is 1. The van der Waals surface area contributed by atoms with E-state index >= 15 is 0 Å². The van der Waals surface area contributed by atoms with E-state index in [9.17, 15) is 4.79 Å². The topological polar surface area (TPSA) is 41.5 Å². The van der Waals surface area contributed by atoms with Gasteiger partial charge in [0.2, 0.25) is 5.91 Å². The summed E-state index contributed by atoms with van der Waals surface area (Å²) >= 11 is 5.98. The summed E-state index contributed by atoms with van der Waals surface area (Å²) in [5, 5.41) is 4.89. The number of rotatable bonds is 6. The molecule has 2 aromatic rings. The van der Waals surface area contributed by atoms with Crippen LogP contribution < -0.4 is 5.43 Å². The summed E-state index contributed by atoms with van der Waals surface area (Å²) in [6.07, 6.45) is 1.85. The standard InChI is InChI=1S/C18H19ClN2O/c1-2-17(15-9-6-10-16(19)13-15)20-21-18(22)12-11-14-7-4-3-5-8-14/h3-10,13H,2,11-12H2,1H3,(H,21,22)/b20-17+. The number of nitrogens with zero attached hydrogens (tertiary/aromatic N) is 1. The number of benzene rings is 2. The van der Waals surface area contributed by atoms with Crippen LogP contribution in [0, 0.1) is 0 Å². The van der Waals surface area contributed by atoms with Crippen molar-refractivity contribution < 1.29 is 4.79 Å². The molecule has 0 aliphatic carbocycles. The highest BCUT2D eigenvalue weighted by molar-refractivity contribution is 6.31. The van der Waals surface area contributed by atoms with Gasteiger partial charge in [0.05, 0.1) is 5.71 Å². The predicted molar refractivity (Wildman–Crippen MR) is 91.2 cm³/mol. The Morgan fingerprint density at radius 1 is 1.14 bits per heavy atom. The van der Waals surface area contributed by atoms with E-state index in [2.05, 4.69) is 10.5 Å². The summed E-state index contributed by atoms with van der Waals surface area (Å²) in [6, 6.07) is 17.4. The normalized spacial score (nSPS) is 11.3. The number of carbonyl (C=O) groups is 1. The van der Waals surface area contributed by atoms with Crippen molar-refractivity contribution in [2.75, 3.05) is 0 Å².